The molecule has 2 rings (SSSR count). The van der Waals surface area contributed by atoms with Crippen molar-refractivity contribution in [2.24, 2.45) is 0 Å². The maximum absolute atomic E-state index is 12.4. The summed E-state index contributed by atoms with van der Waals surface area (Å²) in [5.41, 5.74) is 5.19. The number of hydrogen-bond donors (Lipinski definition) is 3. The molecule has 2 aromatic heterocycles. The van der Waals surface area contributed by atoms with Gasteiger partial charge in [-0.1, -0.05) is 70.8 Å². The fraction of sp³-hybridized carbons (Fsp3) is 0.619. The molecule has 0 aliphatic carbocycles. The maximum atomic E-state index is 12.4. The van der Waals surface area contributed by atoms with Gasteiger partial charge >= 0.3 is 5.69 Å². The van der Waals surface area contributed by atoms with Crippen LogP contribution in [0.5, 0.6) is 0 Å². The fourth-order valence-corrected chi connectivity index (χ4v) is 3.41. The predicted molar refractivity (Wildman–Crippen MR) is 119 cm³/mol. The molecule has 0 aliphatic heterocycles. The van der Waals surface area contributed by atoms with Gasteiger partial charge < -0.3 is 11.1 Å². The number of nitrogen functional groups attached to an aromatic ring is 1. The van der Waals surface area contributed by atoms with Crippen molar-refractivity contribution in [3.8, 4) is 0 Å². The molecule has 0 bridgehead atoms. The second kappa shape index (κ2) is 12.0. The van der Waals surface area contributed by atoms with Crippen molar-refractivity contribution < 1.29 is 0 Å². The smallest absolute Gasteiger partial charge is 0.351 e. The van der Waals surface area contributed by atoms with Crippen molar-refractivity contribution >= 4 is 22.8 Å². The van der Waals surface area contributed by atoms with Gasteiger partial charge in [-0.15, -0.1) is 6.58 Å². The van der Waals surface area contributed by atoms with Crippen molar-refractivity contribution in [1.82, 2.24) is 19.5 Å². The molecule has 0 saturated carbocycles. The molecule has 160 valence electrons. The maximum Gasteiger partial charge on any atom is 0.351 e. The minimum atomic E-state index is -0.473. The number of hydrogen-bond acceptors (Lipinski definition) is 6. The SMILES string of the molecule is C=CCNc1nc2c(c(N)nc(=O)n2CCCCCCCCCCCC)c(=O)[nH]1. The molecule has 0 aromatic carbocycles. The quantitative estimate of drug-likeness (QED) is 0.328. The van der Waals surface area contributed by atoms with Gasteiger partial charge in [0.15, 0.2) is 5.65 Å². The van der Waals surface area contributed by atoms with Crippen LogP contribution in [0.25, 0.3) is 11.0 Å². The van der Waals surface area contributed by atoms with Crippen LogP contribution in [-0.2, 0) is 6.54 Å². The Hall–Kier alpha value is -2.64. The lowest BCUT2D eigenvalue weighted by molar-refractivity contribution is 0.531. The third-order valence-corrected chi connectivity index (χ3v) is 5.01. The van der Waals surface area contributed by atoms with Crippen LogP contribution in [0.4, 0.5) is 11.8 Å². The van der Waals surface area contributed by atoms with Gasteiger partial charge in [-0.25, -0.2) is 4.79 Å². The normalized spacial score (nSPS) is 11.1. The first-order valence-corrected chi connectivity index (χ1v) is 10.7. The number of nitrogens with one attached hydrogen (secondary N) is 2. The summed E-state index contributed by atoms with van der Waals surface area (Å²) in [6, 6.07) is 0. The Labute approximate surface area is 171 Å². The number of anilines is 2. The summed E-state index contributed by atoms with van der Waals surface area (Å²) < 4.78 is 1.45. The topological polar surface area (TPSA) is 119 Å². The zero-order valence-electron chi connectivity index (χ0n) is 17.5. The van der Waals surface area contributed by atoms with E-state index in [1.165, 1.54) is 49.5 Å². The monoisotopic (exact) mass is 402 g/mol. The van der Waals surface area contributed by atoms with E-state index in [1.807, 2.05) is 0 Å². The number of aromatic amines is 1. The van der Waals surface area contributed by atoms with E-state index in [1.54, 1.807) is 6.08 Å². The van der Waals surface area contributed by atoms with Crippen molar-refractivity contribution in [3.63, 3.8) is 0 Å². The van der Waals surface area contributed by atoms with Crippen LogP contribution >= 0.6 is 0 Å². The Morgan fingerprint density at radius 1 is 1.03 bits per heavy atom. The number of H-pyrrole nitrogens is 1. The highest BCUT2D eigenvalue weighted by Crippen LogP contribution is 2.14. The predicted octanol–water partition coefficient (Wildman–Crippen LogP) is 3.58. The van der Waals surface area contributed by atoms with Crippen LogP contribution in [0.15, 0.2) is 22.2 Å². The Bertz CT molecular complexity index is 902. The Morgan fingerprint density at radius 2 is 1.66 bits per heavy atom. The summed E-state index contributed by atoms with van der Waals surface area (Å²) in [6.45, 7) is 6.77. The lowest BCUT2D eigenvalue weighted by Crippen LogP contribution is -2.28. The Morgan fingerprint density at radius 3 is 2.28 bits per heavy atom. The zero-order valence-corrected chi connectivity index (χ0v) is 17.5. The van der Waals surface area contributed by atoms with E-state index in [0.29, 0.717) is 13.1 Å². The van der Waals surface area contributed by atoms with E-state index in [9.17, 15) is 9.59 Å². The molecule has 0 saturated heterocycles. The summed E-state index contributed by atoms with van der Waals surface area (Å²) in [5.74, 6) is 0.192. The van der Waals surface area contributed by atoms with E-state index in [4.69, 9.17) is 5.73 Å². The van der Waals surface area contributed by atoms with Crippen LogP contribution in [0.3, 0.4) is 0 Å². The van der Waals surface area contributed by atoms with E-state index in [0.717, 1.165) is 19.3 Å². The summed E-state index contributed by atoms with van der Waals surface area (Å²) in [4.78, 5) is 35.6. The summed E-state index contributed by atoms with van der Waals surface area (Å²) in [5, 5.41) is 3.09. The number of aryl methyl sites for hydroxylation is 1. The van der Waals surface area contributed by atoms with Gasteiger partial charge in [0.2, 0.25) is 5.95 Å². The van der Waals surface area contributed by atoms with Gasteiger partial charge in [0.25, 0.3) is 5.56 Å². The second-order valence-electron chi connectivity index (χ2n) is 7.40. The molecule has 0 aliphatic rings. The van der Waals surface area contributed by atoms with Crippen LogP contribution in [0.1, 0.15) is 71.1 Å². The van der Waals surface area contributed by atoms with E-state index in [2.05, 4.69) is 33.8 Å². The molecule has 0 unspecified atom stereocenters. The minimum Gasteiger partial charge on any atom is -0.383 e. The van der Waals surface area contributed by atoms with Gasteiger partial charge in [-0.3, -0.25) is 14.3 Å². The highest BCUT2D eigenvalue weighted by Gasteiger charge is 2.14. The first kappa shape index (κ1) is 22.6. The summed E-state index contributed by atoms with van der Waals surface area (Å²) in [6.07, 6.45) is 13.7. The minimum absolute atomic E-state index is 0.0895. The zero-order chi connectivity index (χ0) is 21.1. The fourth-order valence-electron chi connectivity index (χ4n) is 3.41. The van der Waals surface area contributed by atoms with Gasteiger partial charge in [0.1, 0.15) is 11.2 Å². The summed E-state index contributed by atoms with van der Waals surface area (Å²) in [7, 11) is 0. The number of aromatic nitrogens is 4. The van der Waals surface area contributed by atoms with Crippen molar-refractivity contribution in [2.45, 2.75) is 77.7 Å². The molecule has 2 heterocycles. The average molecular weight is 403 g/mol. The highest BCUT2D eigenvalue weighted by atomic mass is 16.1. The van der Waals surface area contributed by atoms with Crippen LogP contribution in [0, 0.1) is 0 Å². The molecule has 0 radical (unpaired) electrons. The molecule has 4 N–H and O–H groups in total. The molecule has 0 spiro atoms. The second-order valence-corrected chi connectivity index (χ2v) is 7.40. The third-order valence-electron chi connectivity index (χ3n) is 5.01. The van der Waals surface area contributed by atoms with Crippen LogP contribution in [0.2, 0.25) is 0 Å². The molecule has 0 atom stereocenters. The first-order chi connectivity index (χ1) is 14.1. The largest absolute Gasteiger partial charge is 0.383 e. The van der Waals surface area contributed by atoms with Gasteiger partial charge in [-0.05, 0) is 6.42 Å². The Balaban J connectivity index is 1.97. The van der Waals surface area contributed by atoms with Gasteiger partial charge in [0, 0.05) is 13.1 Å². The number of unbranched alkanes of at least 4 members (excludes halogenated alkanes) is 9. The average Bonchev–Trinajstić information content (AvgIpc) is 2.69. The number of rotatable bonds is 14. The molecule has 0 fully saturated rings. The van der Waals surface area contributed by atoms with Crippen LogP contribution < -0.4 is 22.3 Å². The molecule has 8 nitrogen and oxygen atoms in total. The van der Waals surface area contributed by atoms with Crippen molar-refractivity contribution in [1.29, 1.82) is 0 Å². The van der Waals surface area contributed by atoms with Crippen molar-refractivity contribution in [2.75, 3.05) is 17.6 Å². The first-order valence-electron chi connectivity index (χ1n) is 10.7. The Kier molecular flexibility index (Phi) is 9.40. The lowest BCUT2D eigenvalue weighted by Gasteiger charge is -2.11. The van der Waals surface area contributed by atoms with E-state index >= 15 is 0 Å². The molecular formula is C21H34N6O2. The number of nitrogens with zero attached hydrogens (tertiary/aromatic N) is 3. The van der Waals surface area contributed by atoms with Gasteiger partial charge in [-0.2, -0.15) is 9.97 Å². The highest BCUT2D eigenvalue weighted by molar-refractivity contribution is 5.85. The lowest BCUT2D eigenvalue weighted by atomic mass is 10.1. The van der Waals surface area contributed by atoms with E-state index in [-0.39, 0.29) is 22.8 Å². The molecule has 29 heavy (non-hydrogen) atoms. The third kappa shape index (κ3) is 6.73. The number of nitrogens with two attached hydrogens (primary N) is 1. The summed E-state index contributed by atoms with van der Waals surface area (Å²) >= 11 is 0. The number of fused-ring (bicyclic) bond motifs is 1. The molecular weight excluding hydrogens is 368 g/mol. The standard InChI is InChI=1S/C21H34N6O2/c1-3-5-6-7-8-9-10-11-12-13-15-27-18-16(17(22)24-21(27)29)19(28)26-20(25-18)23-14-4-2/h4H,2-3,5-15H2,1H3,(H2,22,24,29)(H2,23,25,26,28). The molecule has 2 aromatic rings. The molecule has 0 amide bonds. The van der Waals surface area contributed by atoms with Crippen molar-refractivity contribution in [3.05, 3.63) is 33.5 Å². The van der Waals surface area contributed by atoms with E-state index < -0.39 is 11.2 Å². The molecule has 8 heteroatoms. The van der Waals surface area contributed by atoms with Crippen LogP contribution in [-0.4, -0.2) is 26.1 Å². The van der Waals surface area contributed by atoms with Gasteiger partial charge in [0.05, 0.1) is 0 Å².